The molecule has 6 nitrogen and oxygen atoms in total. The standard InChI is InChI=1S/C20H38N4O2.HI/c1-6-16(7-2)18-13-17(26-24-18)14-22-19(21-10-5)23-15-20(8-3,9-4)11-12-25;/h13,16,25H,6-12,14-15H2,1-5H3,(H2,21,22,23);1H. The number of nitrogens with zero attached hydrogens (tertiary/aromatic N) is 2. The molecule has 7 heteroatoms. The van der Waals surface area contributed by atoms with E-state index in [2.05, 4.69) is 55.4 Å². The van der Waals surface area contributed by atoms with Gasteiger partial charge in [0.2, 0.25) is 0 Å². The Morgan fingerprint density at radius 1 is 1.19 bits per heavy atom. The molecule has 3 N–H and O–H groups in total. The van der Waals surface area contributed by atoms with E-state index in [0.29, 0.717) is 12.5 Å². The highest BCUT2D eigenvalue weighted by Gasteiger charge is 2.25. The molecule has 0 bridgehead atoms. The van der Waals surface area contributed by atoms with E-state index >= 15 is 0 Å². The van der Waals surface area contributed by atoms with Gasteiger partial charge in [-0.2, -0.15) is 0 Å². The van der Waals surface area contributed by atoms with Gasteiger partial charge in [0, 0.05) is 31.7 Å². The first-order valence-electron chi connectivity index (χ1n) is 10.2. The maximum absolute atomic E-state index is 9.38. The van der Waals surface area contributed by atoms with Gasteiger partial charge < -0.3 is 20.3 Å². The van der Waals surface area contributed by atoms with Crippen molar-refractivity contribution < 1.29 is 9.63 Å². The Kier molecular flexibility index (Phi) is 13.8. The van der Waals surface area contributed by atoms with Crippen molar-refractivity contribution in [3.05, 3.63) is 17.5 Å². The number of aromatic nitrogens is 1. The summed E-state index contributed by atoms with van der Waals surface area (Å²) in [5, 5.41) is 20.3. The van der Waals surface area contributed by atoms with Gasteiger partial charge >= 0.3 is 0 Å². The summed E-state index contributed by atoms with van der Waals surface area (Å²) in [6.45, 7) is 13.0. The molecule has 0 atom stereocenters. The second-order valence-corrected chi connectivity index (χ2v) is 6.96. The van der Waals surface area contributed by atoms with Crippen LogP contribution in [0.3, 0.4) is 0 Å². The smallest absolute Gasteiger partial charge is 0.191 e. The van der Waals surface area contributed by atoms with Crippen LogP contribution in [-0.2, 0) is 6.54 Å². The van der Waals surface area contributed by atoms with Gasteiger partial charge in [0.1, 0.15) is 6.54 Å². The third kappa shape index (κ3) is 8.37. The van der Waals surface area contributed by atoms with Crippen LogP contribution >= 0.6 is 24.0 Å². The number of nitrogens with one attached hydrogen (secondary N) is 2. The highest BCUT2D eigenvalue weighted by molar-refractivity contribution is 14.0. The van der Waals surface area contributed by atoms with Gasteiger partial charge in [0.05, 0.1) is 5.69 Å². The van der Waals surface area contributed by atoms with Crippen molar-refractivity contribution in [3.63, 3.8) is 0 Å². The monoisotopic (exact) mass is 494 g/mol. The SMILES string of the molecule is CCNC(=NCc1cc(C(CC)CC)no1)NCC(CC)(CC)CCO.I. The summed E-state index contributed by atoms with van der Waals surface area (Å²) in [6.07, 6.45) is 4.98. The summed E-state index contributed by atoms with van der Waals surface area (Å²) in [7, 11) is 0. The lowest BCUT2D eigenvalue weighted by atomic mass is 9.79. The third-order valence-electron chi connectivity index (χ3n) is 5.49. The number of halogens is 1. The highest BCUT2D eigenvalue weighted by Crippen LogP contribution is 2.29. The van der Waals surface area contributed by atoms with Crippen LogP contribution in [0.25, 0.3) is 0 Å². The maximum Gasteiger partial charge on any atom is 0.191 e. The van der Waals surface area contributed by atoms with Crippen LogP contribution in [-0.4, -0.2) is 35.9 Å². The number of aliphatic hydroxyl groups is 1. The molecular weight excluding hydrogens is 455 g/mol. The normalized spacial score (nSPS) is 12.2. The van der Waals surface area contributed by atoms with Crippen LogP contribution in [0.15, 0.2) is 15.6 Å². The van der Waals surface area contributed by atoms with Crippen molar-refractivity contribution in [1.29, 1.82) is 0 Å². The van der Waals surface area contributed by atoms with Crippen LogP contribution < -0.4 is 10.6 Å². The highest BCUT2D eigenvalue weighted by atomic mass is 127. The fourth-order valence-electron chi connectivity index (χ4n) is 3.25. The quantitative estimate of drug-likeness (QED) is 0.227. The minimum atomic E-state index is 0. The van der Waals surface area contributed by atoms with Crippen molar-refractivity contribution in [2.45, 2.75) is 79.2 Å². The van der Waals surface area contributed by atoms with Crippen molar-refractivity contribution in [2.24, 2.45) is 10.4 Å². The molecule has 0 unspecified atom stereocenters. The first-order valence-corrected chi connectivity index (χ1v) is 10.2. The zero-order chi connectivity index (χ0) is 19.4. The van der Waals surface area contributed by atoms with Gasteiger partial charge in [0.25, 0.3) is 0 Å². The van der Waals surface area contributed by atoms with Gasteiger partial charge in [-0.3, -0.25) is 0 Å². The lowest BCUT2D eigenvalue weighted by Crippen LogP contribution is -2.43. The minimum absolute atomic E-state index is 0. The number of rotatable bonds is 12. The topological polar surface area (TPSA) is 82.7 Å². The fraction of sp³-hybridized carbons (Fsp3) is 0.800. The van der Waals surface area contributed by atoms with Gasteiger partial charge in [-0.15, -0.1) is 24.0 Å². The molecule has 0 spiro atoms. The minimum Gasteiger partial charge on any atom is -0.396 e. The summed E-state index contributed by atoms with van der Waals surface area (Å²) in [6, 6.07) is 2.03. The number of aliphatic imine (C=N–C) groups is 1. The second kappa shape index (κ2) is 14.2. The molecule has 1 aromatic rings. The summed E-state index contributed by atoms with van der Waals surface area (Å²) >= 11 is 0. The second-order valence-electron chi connectivity index (χ2n) is 6.96. The molecular formula is C20H39IN4O2. The van der Waals surface area contributed by atoms with Crippen LogP contribution in [0.2, 0.25) is 0 Å². The van der Waals surface area contributed by atoms with Gasteiger partial charge in [0.15, 0.2) is 11.7 Å². The van der Waals surface area contributed by atoms with E-state index in [0.717, 1.165) is 62.6 Å². The van der Waals surface area contributed by atoms with E-state index in [-0.39, 0.29) is 36.0 Å². The molecule has 1 heterocycles. The lowest BCUT2D eigenvalue weighted by molar-refractivity contribution is 0.169. The molecule has 0 fully saturated rings. The average molecular weight is 494 g/mol. The molecule has 0 saturated heterocycles. The van der Waals surface area contributed by atoms with E-state index < -0.39 is 0 Å². The Morgan fingerprint density at radius 3 is 2.37 bits per heavy atom. The van der Waals surface area contributed by atoms with Crippen LogP contribution in [0.5, 0.6) is 0 Å². The van der Waals surface area contributed by atoms with Gasteiger partial charge in [-0.25, -0.2) is 4.99 Å². The zero-order valence-corrected chi connectivity index (χ0v) is 20.0. The van der Waals surface area contributed by atoms with E-state index in [9.17, 15) is 5.11 Å². The summed E-state index contributed by atoms with van der Waals surface area (Å²) < 4.78 is 5.46. The van der Waals surface area contributed by atoms with Crippen molar-refractivity contribution in [1.82, 2.24) is 15.8 Å². The predicted octanol–water partition coefficient (Wildman–Crippen LogP) is 4.44. The van der Waals surface area contributed by atoms with E-state index in [1.54, 1.807) is 0 Å². The van der Waals surface area contributed by atoms with Crippen LogP contribution in [0.4, 0.5) is 0 Å². The van der Waals surface area contributed by atoms with Gasteiger partial charge in [-0.1, -0.05) is 32.9 Å². The fourth-order valence-corrected chi connectivity index (χ4v) is 3.25. The molecule has 0 aromatic carbocycles. The number of hydrogen-bond donors (Lipinski definition) is 3. The predicted molar refractivity (Wildman–Crippen MR) is 123 cm³/mol. The van der Waals surface area contributed by atoms with E-state index in [1.807, 2.05) is 6.07 Å². The van der Waals surface area contributed by atoms with E-state index in [4.69, 9.17) is 4.52 Å². The average Bonchev–Trinajstić information content (AvgIpc) is 3.12. The molecule has 0 aliphatic rings. The van der Waals surface area contributed by atoms with Crippen LogP contribution in [0, 0.1) is 5.41 Å². The number of guanidine groups is 1. The Morgan fingerprint density at radius 2 is 1.85 bits per heavy atom. The zero-order valence-electron chi connectivity index (χ0n) is 17.7. The molecule has 0 radical (unpaired) electrons. The third-order valence-corrected chi connectivity index (χ3v) is 5.49. The van der Waals surface area contributed by atoms with E-state index in [1.165, 1.54) is 0 Å². The Bertz CT molecular complexity index is 526. The Labute approximate surface area is 182 Å². The molecule has 27 heavy (non-hydrogen) atoms. The maximum atomic E-state index is 9.38. The Balaban J connectivity index is 0.00000676. The lowest BCUT2D eigenvalue weighted by Gasteiger charge is -2.32. The largest absolute Gasteiger partial charge is 0.396 e. The van der Waals surface area contributed by atoms with Crippen LogP contribution in [0.1, 0.15) is 84.1 Å². The van der Waals surface area contributed by atoms with Crippen molar-refractivity contribution >= 4 is 29.9 Å². The first-order chi connectivity index (χ1) is 12.6. The summed E-state index contributed by atoms with van der Waals surface area (Å²) in [4.78, 5) is 4.64. The molecule has 0 aliphatic carbocycles. The molecule has 0 amide bonds. The van der Waals surface area contributed by atoms with Crippen molar-refractivity contribution in [3.8, 4) is 0 Å². The molecule has 158 valence electrons. The van der Waals surface area contributed by atoms with Crippen molar-refractivity contribution in [2.75, 3.05) is 19.7 Å². The van der Waals surface area contributed by atoms with Gasteiger partial charge in [-0.05, 0) is 44.4 Å². The number of hydrogen-bond acceptors (Lipinski definition) is 4. The molecule has 1 aromatic heterocycles. The molecule has 0 aliphatic heterocycles. The summed E-state index contributed by atoms with van der Waals surface area (Å²) in [5.74, 6) is 2.02. The summed E-state index contributed by atoms with van der Waals surface area (Å²) in [5.41, 5.74) is 1.12. The first kappa shape index (κ1) is 26.2. The Hall–Kier alpha value is -0.830. The number of aliphatic hydroxyl groups excluding tert-OH is 1. The molecule has 1 rings (SSSR count). The molecule has 0 saturated carbocycles.